The molecule has 0 unspecified atom stereocenters. The van der Waals surface area contributed by atoms with Crippen LogP contribution in [-0.2, 0) is 16.0 Å². The molecule has 0 N–H and O–H groups in total. The van der Waals surface area contributed by atoms with Gasteiger partial charge in [0.15, 0.2) is 0 Å². The number of piperidine rings is 1. The number of rotatable bonds is 4. The number of amides is 1. The highest BCUT2D eigenvalue weighted by molar-refractivity contribution is 5.83. The van der Waals surface area contributed by atoms with E-state index in [0.717, 1.165) is 52.1 Å². The number of carbonyl (C=O) groups excluding carboxylic acids is 1. The molecule has 3 aliphatic heterocycles. The highest BCUT2D eigenvalue weighted by Crippen LogP contribution is 2.46. The van der Waals surface area contributed by atoms with Crippen LogP contribution in [0.4, 0.5) is 0 Å². The van der Waals surface area contributed by atoms with Crippen LogP contribution in [0.25, 0.3) is 0 Å². The number of ether oxygens (including phenoxy) is 1. The minimum atomic E-state index is -0.277. The summed E-state index contributed by atoms with van der Waals surface area (Å²) < 4.78 is 5.74. The van der Waals surface area contributed by atoms with E-state index < -0.39 is 0 Å². The molecule has 5 rings (SSSR count). The first-order valence-corrected chi connectivity index (χ1v) is 13.2. The lowest BCUT2D eigenvalue weighted by molar-refractivity contribution is -0.147. The Balaban J connectivity index is 1.33. The van der Waals surface area contributed by atoms with Gasteiger partial charge in [0, 0.05) is 32.8 Å². The first-order valence-electron chi connectivity index (χ1n) is 13.2. The van der Waals surface area contributed by atoms with Crippen LogP contribution in [0.3, 0.4) is 0 Å². The lowest BCUT2D eigenvalue weighted by atomic mass is 9.72. The SMILES string of the molecule is CN1CCC[C@@H](c2cccc(CC3(C(=O)N4CCC5(CCCCC5)C4)CCOCC3)c2)C1. The van der Waals surface area contributed by atoms with Gasteiger partial charge in [0.2, 0.25) is 5.91 Å². The van der Waals surface area contributed by atoms with Crippen molar-refractivity contribution in [3.8, 4) is 0 Å². The van der Waals surface area contributed by atoms with Gasteiger partial charge >= 0.3 is 0 Å². The van der Waals surface area contributed by atoms with E-state index in [0.29, 0.717) is 17.2 Å². The lowest BCUT2D eigenvalue weighted by Crippen LogP contribution is -2.48. The topological polar surface area (TPSA) is 32.8 Å². The Bertz CT molecular complexity index is 794. The predicted molar refractivity (Wildman–Crippen MR) is 129 cm³/mol. The summed E-state index contributed by atoms with van der Waals surface area (Å²) in [5.41, 5.74) is 2.96. The van der Waals surface area contributed by atoms with Crippen molar-refractivity contribution in [3.05, 3.63) is 35.4 Å². The zero-order valence-corrected chi connectivity index (χ0v) is 20.1. The van der Waals surface area contributed by atoms with E-state index in [1.807, 2.05) is 0 Å². The van der Waals surface area contributed by atoms with Crippen LogP contribution < -0.4 is 0 Å². The van der Waals surface area contributed by atoms with E-state index in [4.69, 9.17) is 4.74 Å². The third-order valence-electron chi connectivity index (χ3n) is 9.13. The maximum Gasteiger partial charge on any atom is 0.229 e. The van der Waals surface area contributed by atoms with Crippen molar-refractivity contribution < 1.29 is 9.53 Å². The molecule has 1 aromatic rings. The summed E-state index contributed by atoms with van der Waals surface area (Å²) in [6.45, 7) is 5.77. The number of carbonyl (C=O) groups is 1. The molecule has 3 saturated heterocycles. The summed E-state index contributed by atoms with van der Waals surface area (Å²) >= 11 is 0. The van der Waals surface area contributed by atoms with Gasteiger partial charge in [-0.25, -0.2) is 0 Å². The highest BCUT2D eigenvalue weighted by atomic mass is 16.5. The fourth-order valence-corrected chi connectivity index (χ4v) is 7.17. The monoisotopic (exact) mass is 438 g/mol. The molecular weight excluding hydrogens is 396 g/mol. The molecule has 4 fully saturated rings. The highest BCUT2D eigenvalue weighted by Gasteiger charge is 2.47. The molecule has 3 heterocycles. The third kappa shape index (κ3) is 4.63. The summed E-state index contributed by atoms with van der Waals surface area (Å²) in [7, 11) is 2.24. The summed E-state index contributed by atoms with van der Waals surface area (Å²) in [4.78, 5) is 18.8. The largest absolute Gasteiger partial charge is 0.381 e. The van der Waals surface area contributed by atoms with Gasteiger partial charge in [-0.1, -0.05) is 43.5 Å². The predicted octanol–water partition coefficient (Wildman–Crippen LogP) is 5.02. The number of likely N-dealkylation sites (N-methyl/N-ethyl adjacent to an activating group) is 1. The van der Waals surface area contributed by atoms with Crippen molar-refractivity contribution in [3.63, 3.8) is 0 Å². The van der Waals surface area contributed by atoms with Gasteiger partial charge in [0.05, 0.1) is 5.41 Å². The maximum absolute atomic E-state index is 14.0. The van der Waals surface area contributed by atoms with Gasteiger partial charge in [-0.15, -0.1) is 0 Å². The Hall–Kier alpha value is -1.39. The molecule has 1 aliphatic carbocycles. The first-order chi connectivity index (χ1) is 15.6. The molecule has 1 saturated carbocycles. The third-order valence-corrected chi connectivity index (χ3v) is 9.13. The molecule has 4 nitrogen and oxygen atoms in total. The minimum absolute atomic E-state index is 0.277. The summed E-state index contributed by atoms with van der Waals surface area (Å²) in [5, 5.41) is 0. The van der Waals surface area contributed by atoms with Gasteiger partial charge in [-0.2, -0.15) is 0 Å². The van der Waals surface area contributed by atoms with Crippen LogP contribution in [0.15, 0.2) is 24.3 Å². The second kappa shape index (κ2) is 9.46. The Morgan fingerprint density at radius 3 is 2.62 bits per heavy atom. The molecule has 0 aromatic heterocycles. The van der Waals surface area contributed by atoms with Crippen LogP contribution in [0.1, 0.15) is 81.3 Å². The normalized spacial score (nSPS) is 28.2. The van der Waals surface area contributed by atoms with Crippen LogP contribution in [-0.4, -0.2) is 62.1 Å². The van der Waals surface area contributed by atoms with Crippen molar-refractivity contribution in [2.75, 3.05) is 46.4 Å². The fraction of sp³-hybridized carbons (Fsp3) is 0.750. The average Bonchev–Trinajstić information content (AvgIpc) is 3.23. The van der Waals surface area contributed by atoms with Crippen molar-refractivity contribution in [2.45, 2.75) is 76.5 Å². The Labute approximate surface area is 194 Å². The number of hydrogen-bond acceptors (Lipinski definition) is 3. The van der Waals surface area contributed by atoms with Crippen LogP contribution in [0.2, 0.25) is 0 Å². The van der Waals surface area contributed by atoms with E-state index in [-0.39, 0.29) is 5.41 Å². The fourth-order valence-electron chi connectivity index (χ4n) is 7.17. The summed E-state index contributed by atoms with van der Waals surface area (Å²) in [5.74, 6) is 1.05. The van der Waals surface area contributed by atoms with Gasteiger partial charge in [-0.3, -0.25) is 4.79 Å². The Morgan fingerprint density at radius 2 is 1.84 bits per heavy atom. The molecular formula is C28H42N2O2. The van der Waals surface area contributed by atoms with E-state index in [9.17, 15) is 4.79 Å². The van der Waals surface area contributed by atoms with Gasteiger partial charge in [0.25, 0.3) is 0 Å². The van der Waals surface area contributed by atoms with Crippen LogP contribution in [0.5, 0.6) is 0 Å². The lowest BCUT2D eigenvalue weighted by Gasteiger charge is -2.40. The summed E-state index contributed by atoms with van der Waals surface area (Å²) in [6.07, 6.45) is 13.1. The molecule has 1 spiro atoms. The molecule has 0 bridgehead atoms. The number of benzene rings is 1. The number of hydrogen-bond donors (Lipinski definition) is 0. The van der Waals surface area contributed by atoms with Crippen molar-refractivity contribution in [1.82, 2.24) is 9.80 Å². The van der Waals surface area contributed by atoms with Gasteiger partial charge in [0.1, 0.15) is 0 Å². The quantitative estimate of drug-likeness (QED) is 0.662. The zero-order valence-electron chi connectivity index (χ0n) is 20.1. The maximum atomic E-state index is 14.0. The average molecular weight is 439 g/mol. The van der Waals surface area contributed by atoms with Gasteiger partial charge < -0.3 is 14.5 Å². The smallest absolute Gasteiger partial charge is 0.229 e. The molecule has 1 aromatic carbocycles. The molecule has 32 heavy (non-hydrogen) atoms. The van der Waals surface area contributed by atoms with Crippen LogP contribution >= 0.6 is 0 Å². The van der Waals surface area contributed by atoms with E-state index >= 15 is 0 Å². The second-order valence-corrected chi connectivity index (χ2v) is 11.5. The zero-order chi connectivity index (χ0) is 22.0. The van der Waals surface area contributed by atoms with E-state index in [2.05, 4.69) is 41.1 Å². The van der Waals surface area contributed by atoms with E-state index in [1.165, 1.54) is 69.0 Å². The van der Waals surface area contributed by atoms with Crippen molar-refractivity contribution >= 4 is 5.91 Å². The van der Waals surface area contributed by atoms with Gasteiger partial charge in [-0.05, 0) is 87.4 Å². The molecule has 4 heteroatoms. The molecule has 1 amide bonds. The second-order valence-electron chi connectivity index (χ2n) is 11.5. The first kappa shape index (κ1) is 22.4. The molecule has 4 aliphatic rings. The number of nitrogens with zero attached hydrogens (tertiary/aromatic N) is 2. The standard InChI is InChI=1S/C28H42N2O2/c1-29-15-6-9-25(21-29)24-8-5-7-23(19-24)20-28(13-17-32-18-14-28)26(31)30-16-12-27(22-30)10-3-2-4-11-27/h5,7-8,19,25H,2-4,6,9-18,20-22H2,1H3/t25-/m1/s1. The molecule has 0 radical (unpaired) electrons. The Kier molecular flexibility index (Phi) is 6.63. The molecule has 176 valence electrons. The van der Waals surface area contributed by atoms with E-state index in [1.54, 1.807) is 0 Å². The minimum Gasteiger partial charge on any atom is -0.381 e. The Morgan fingerprint density at radius 1 is 1.03 bits per heavy atom. The van der Waals surface area contributed by atoms with Crippen molar-refractivity contribution in [2.24, 2.45) is 10.8 Å². The van der Waals surface area contributed by atoms with Crippen LogP contribution in [0, 0.1) is 10.8 Å². The summed E-state index contributed by atoms with van der Waals surface area (Å²) in [6, 6.07) is 9.21. The molecule has 1 atom stereocenters. The number of likely N-dealkylation sites (tertiary alicyclic amines) is 2. The van der Waals surface area contributed by atoms with Crippen molar-refractivity contribution in [1.29, 1.82) is 0 Å².